The van der Waals surface area contributed by atoms with E-state index >= 15 is 0 Å². The number of amides is 2. The van der Waals surface area contributed by atoms with Gasteiger partial charge in [-0.15, -0.1) is 0 Å². The summed E-state index contributed by atoms with van der Waals surface area (Å²) in [6, 6.07) is 30.5. The Balaban J connectivity index is 1.33. The summed E-state index contributed by atoms with van der Waals surface area (Å²) in [7, 11) is 3.20. The topological polar surface area (TPSA) is 83.7 Å². The van der Waals surface area contributed by atoms with Crippen LogP contribution in [0.3, 0.4) is 0 Å². The number of para-hydroxylation sites is 1. The van der Waals surface area contributed by atoms with Crippen molar-refractivity contribution in [2.24, 2.45) is 0 Å². The molecule has 2 amide bonds. The minimum Gasteiger partial charge on any atom is -0.493 e. The third-order valence-corrected chi connectivity index (χ3v) is 8.04. The Morgan fingerprint density at radius 1 is 0.905 bits per heavy atom. The average molecular weight is 560 g/mol. The zero-order valence-corrected chi connectivity index (χ0v) is 23.9. The molecule has 7 heteroatoms. The van der Waals surface area contributed by atoms with Crippen molar-refractivity contribution in [3.05, 3.63) is 119 Å². The van der Waals surface area contributed by atoms with Crippen molar-refractivity contribution < 1.29 is 19.1 Å². The summed E-state index contributed by atoms with van der Waals surface area (Å²) in [5.74, 6) is 0.945. The van der Waals surface area contributed by atoms with Gasteiger partial charge >= 0.3 is 0 Å². The van der Waals surface area contributed by atoms with Gasteiger partial charge in [0.05, 0.1) is 26.0 Å². The van der Waals surface area contributed by atoms with Crippen LogP contribution in [0.4, 0.5) is 0 Å². The highest BCUT2D eigenvalue weighted by molar-refractivity contribution is 6.04. The number of fused-ring (bicyclic) bond motifs is 2. The molecule has 5 aromatic rings. The van der Waals surface area contributed by atoms with Crippen LogP contribution in [0, 0.1) is 0 Å². The van der Waals surface area contributed by atoms with Crippen LogP contribution in [0.1, 0.15) is 40.0 Å². The number of H-pyrrole nitrogens is 1. The lowest BCUT2D eigenvalue weighted by Gasteiger charge is -2.31. The van der Waals surface area contributed by atoms with Gasteiger partial charge in [0.2, 0.25) is 5.91 Å². The number of rotatable bonds is 9. The minimum absolute atomic E-state index is 0.151. The number of hydrogen-bond donors (Lipinski definition) is 2. The second kappa shape index (κ2) is 11.4. The van der Waals surface area contributed by atoms with Crippen LogP contribution >= 0.6 is 0 Å². The fourth-order valence-electron chi connectivity index (χ4n) is 5.95. The molecule has 42 heavy (non-hydrogen) atoms. The molecule has 2 N–H and O–H groups in total. The lowest BCUT2D eigenvalue weighted by molar-refractivity contribution is -0.125. The Morgan fingerprint density at radius 2 is 1.62 bits per heavy atom. The van der Waals surface area contributed by atoms with E-state index in [1.807, 2.05) is 78.9 Å². The minimum atomic E-state index is -0.711. The van der Waals surface area contributed by atoms with E-state index in [2.05, 4.69) is 28.5 Å². The van der Waals surface area contributed by atoms with Gasteiger partial charge in [-0.3, -0.25) is 9.59 Å². The first-order valence-electron chi connectivity index (χ1n) is 14.1. The van der Waals surface area contributed by atoms with Gasteiger partial charge in [0.1, 0.15) is 6.04 Å². The zero-order valence-electron chi connectivity index (χ0n) is 23.9. The van der Waals surface area contributed by atoms with E-state index in [0.717, 1.165) is 38.9 Å². The third-order valence-electron chi connectivity index (χ3n) is 8.04. The molecule has 0 bridgehead atoms. The summed E-state index contributed by atoms with van der Waals surface area (Å²) in [5.41, 5.74) is 6.46. The number of carbonyl (C=O) groups excluding carboxylic acids is 2. The standard InChI is InChI=1S/C35H33N3O4/c1-22(34(39)36-20-19-23-17-18-29(41-2)30(21-23)42-3)38-33(25-13-7-8-14-26(25)35(38)40)31-27-15-9-10-16-28(27)37-32(31)24-11-5-4-6-12-24/h4-18,21-22,33,37H,19-20H2,1-3H3,(H,36,39). The van der Waals surface area contributed by atoms with Gasteiger partial charge in [-0.05, 0) is 54.3 Å². The number of benzene rings is 4. The maximum Gasteiger partial charge on any atom is 0.255 e. The largest absolute Gasteiger partial charge is 0.493 e. The summed E-state index contributed by atoms with van der Waals surface area (Å²) < 4.78 is 10.7. The van der Waals surface area contributed by atoms with Gasteiger partial charge in [-0.25, -0.2) is 0 Å². The van der Waals surface area contributed by atoms with Crippen LogP contribution in [-0.2, 0) is 11.2 Å². The molecule has 0 aliphatic carbocycles. The number of nitrogens with one attached hydrogen (secondary N) is 2. The highest BCUT2D eigenvalue weighted by atomic mass is 16.5. The van der Waals surface area contributed by atoms with E-state index in [0.29, 0.717) is 30.0 Å². The number of hydrogen-bond acceptors (Lipinski definition) is 4. The molecule has 1 aromatic heterocycles. The quantitative estimate of drug-likeness (QED) is 0.227. The van der Waals surface area contributed by atoms with E-state index < -0.39 is 12.1 Å². The number of methoxy groups -OCH3 is 2. The maximum atomic E-state index is 14.0. The van der Waals surface area contributed by atoms with Crippen LogP contribution < -0.4 is 14.8 Å². The van der Waals surface area contributed by atoms with Gasteiger partial charge in [0.15, 0.2) is 11.5 Å². The number of nitrogens with zero attached hydrogens (tertiary/aromatic N) is 1. The van der Waals surface area contributed by atoms with Crippen molar-refractivity contribution in [1.82, 2.24) is 15.2 Å². The fourth-order valence-corrected chi connectivity index (χ4v) is 5.95. The molecule has 0 saturated heterocycles. The fraction of sp³-hybridized carbons (Fsp3) is 0.200. The monoisotopic (exact) mass is 559 g/mol. The molecule has 2 unspecified atom stereocenters. The molecule has 0 radical (unpaired) electrons. The van der Waals surface area contributed by atoms with Crippen molar-refractivity contribution in [2.75, 3.05) is 20.8 Å². The Labute approximate surface area is 245 Å². The highest BCUT2D eigenvalue weighted by Crippen LogP contribution is 2.46. The highest BCUT2D eigenvalue weighted by Gasteiger charge is 2.44. The van der Waals surface area contributed by atoms with Gasteiger partial charge < -0.3 is 24.7 Å². The molecule has 1 aliphatic heterocycles. The normalized spacial score (nSPS) is 15.0. The number of aromatic amines is 1. The summed E-state index contributed by atoms with van der Waals surface area (Å²) in [5, 5.41) is 4.08. The molecule has 1 aliphatic rings. The third kappa shape index (κ3) is 4.77. The Kier molecular flexibility index (Phi) is 7.40. The summed E-state index contributed by atoms with van der Waals surface area (Å²) in [6.45, 7) is 2.22. The van der Waals surface area contributed by atoms with E-state index in [9.17, 15) is 9.59 Å². The van der Waals surface area contributed by atoms with E-state index in [-0.39, 0.29) is 11.8 Å². The van der Waals surface area contributed by atoms with Gasteiger partial charge in [-0.2, -0.15) is 0 Å². The predicted octanol–water partition coefficient (Wildman–Crippen LogP) is 6.14. The van der Waals surface area contributed by atoms with Crippen LogP contribution in [0.5, 0.6) is 11.5 Å². The number of aromatic nitrogens is 1. The number of ether oxygens (including phenoxy) is 2. The van der Waals surface area contributed by atoms with Gasteiger partial charge in [0, 0.05) is 28.6 Å². The van der Waals surface area contributed by atoms with Crippen LogP contribution in [0.2, 0.25) is 0 Å². The average Bonchev–Trinajstić information content (AvgIpc) is 3.55. The Hall–Kier alpha value is -5.04. The first-order valence-corrected chi connectivity index (χ1v) is 14.1. The molecule has 7 nitrogen and oxygen atoms in total. The molecule has 2 atom stereocenters. The van der Waals surface area contributed by atoms with E-state index in [1.54, 1.807) is 26.0 Å². The van der Waals surface area contributed by atoms with Crippen molar-refractivity contribution in [3.8, 4) is 22.8 Å². The maximum absolute atomic E-state index is 14.0. The second-order valence-electron chi connectivity index (χ2n) is 10.4. The Bertz CT molecular complexity index is 1760. The smallest absolute Gasteiger partial charge is 0.255 e. The zero-order chi connectivity index (χ0) is 29.2. The SMILES string of the molecule is COc1ccc(CCNC(=O)C(C)N2C(=O)c3ccccc3C2c2c(-c3ccccc3)[nH]c3ccccc23)cc1OC. The molecule has 0 saturated carbocycles. The summed E-state index contributed by atoms with van der Waals surface area (Å²) >= 11 is 0. The van der Waals surface area contributed by atoms with Gasteiger partial charge in [0.25, 0.3) is 5.91 Å². The molecule has 0 fully saturated rings. The van der Waals surface area contributed by atoms with E-state index in [4.69, 9.17) is 9.47 Å². The lowest BCUT2D eigenvalue weighted by Crippen LogP contribution is -2.47. The second-order valence-corrected chi connectivity index (χ2v) is 10.4. The van der Waals surface area contributed by atoms with Crippen molar-refractivity contribution in [1.29, 1.82) is 0 Å². The molecule has 0 spiro atoms. The van der Waals surface area contributed by atoms with Gasteiger partial charge in [-0.1, -0.05) is 72.8 Å². The molecule has 4 aromatic carbocycles. The first-order chi connectivity index (χ1) is 20.5. The van der Waals surface area contributed by atoms with Crippen LogP contribution in [-0.4, -0.2) is 48.5 Å². The molecule has 2 heterocycles. The Morgan fingerprint density at radius 3 is 2.40 bits per heavy atom. The van der Waals surface area contributed by atoms with Crippen molar-refractivity contribution in [3.63, 3.8) is 0 Å². The van der Waals surface area contributed by atoms with Crippen molar-refractivity contribution >= 4 is 22.7 Å². The molecule has 212 valence electrons. The first kappa shape index (κ1) is 27.1. The summed E-state index contributed by atoms with van der Waals surface area (Å²) in [6.07, 6.45) is 0.608. The predicted molar refractivity (Wildman–Crippen MR) is 164 cm³/mol. The summed E-state index contributed by atoms with van der Waals surface area (Å²) in [4.78, 5) is 32.9. The molecule has 6 rings (SSSR count). The lowest BCUT2D eigenvalue weighted by atomic mass is 9.92. The van der Waals surface area contributed by atoms with E-state index in [1.165, 1.54) is 0 Å². The molecular formula is C35H33N3O4. The van der Waals surface area contributed by atoms with Crippen LogP contribution in [0.15, 0.2) is 97.1 Å². The number of carbonyl (C=O) groups is 2. The molecular weight excluding hydrogens is 526 g/mol. The van der Waals surface area contributed by atoms with Crippen molar-refractivity contribution in [2.45, 2.75) is 25.4 Å². The van der Waals surface area contributed by atoms with Crippen LogP contribution in [0.25, 0.3) is 22.2 Å².